The second-order valence-electron chi connectivity index (χ2n) is 4.78. The minimum absolute atomic E-state index is 0.0830. The first-order chi connectivity index (χ1) is 9.13. The molecule has 3 nitrogen and oxygen atoms in total. The molecule has 19 heavy (non-hydrogen) atoms. The number of nitrogens with two attached hydrogens (primary N) is 1. The van der Waals surface area contributed by atoms with E-state index in [1.807, 2.05) is 17.2 Å². The van der Waals surface area contributed by atoms with E-state index < -0.39 is 0 Å². The number of carbonyl (C=O) groups excluding carboxylic acids is 1. The first-order valence-electron chi connectivity index (χ1n) is 6.43. The van der Waals surface area contributed by atoms with Crippen LogP contribution in [0.2, 0.25) is 0 Å². The second kappa shape index (κ2) is 6.77. The van der Waals surface area contributed by atoms with Crippen LogP contribution in [0.3, 0.4) is 0 Å². The lowest BCUT2D eigenvalue weighted by Crippen LogP contribution is -2.46. The van der Waals surface area contributed by atoms with Crippen LogP contribution in [0.25, 0.3) is 0 Å². The lowest BCUT2D eigenvalue weighted by molar-refractivity contribution is -0.133. The number of benzene rings is 1. The molecule has 0 saturated carbocycles. The molecule has 1 atom stereocenters. The van der Waals surface area contributed by atoms with Gasteiger partial charge >= 0.3 is 0 Å². The summed E-state index contributed by atoms with van der Waals surface area (Å²) in [6, 6.07) is 5.80. The molecular formula is C14H19BrN2OS. The van der Waals surface area contributed by atoms with E-state index in [9.17, 15) is 4.79 Å². The number of hydrogen-bond acceptors (Lipinski definition) is 3. The molecule has 1 aliphatic rings. The average molecular weight is 343 g/mol. The van der Waals surface area contributed by atoms with E-state index in [1.165, 1.54) is 11.1 Å². The van der Waals surface area contributed by atoms with E-state index in [4.69, 9.17) is 5.73 Å². The molecule has 0 aliphatic carbocycles. The van der Waals surface area contributed by atoms with Gasteiger partial charge in [-0.25, -0.2) is 0 Å². The highest BCUT2D eigenvalue weighted by atomic mass is 79.9. The number of amides is 1. The van der Waals surface area contributed by atoms with Gasteiger partial charge in [0.05, 0.1) is 6.04 Å². The molecule has 2 rings (SSSR count). The van der Waals surface area contributed by atoms with Gasteiger partial charge in [0.2, 0.25) is 5.91 Å². The summed E-state index contributed by atoms with van der Waals surface area (Å²) in [4.78, 5) is 14.2. The molecule has 1 amide bonds. The normalized spacial score (nSPS) is 16.1. The zero-order chi connectivity index (χ0) is 13.8. The first-order valence-corrected chi connectivity index (χ1v) is 8.61. The van der Waals surface area contributed by atoms with Gasteiger partial charge in [-0.05, 0) is 42.0 Å². The van der Waals surface area contributed by atoms with Crippen LogP contribution in [0.4, 0.5) is 0 Å². The molecule has 1 aliphatic heterocycles. The van der Waals surface area contributed by atoms with Crippen molar-refractivity contribution >= 4 is 33.6 Å². The van der Waals surface area contributed by atoms with E-state index in [1.54, 1.807) is 11.8 Å². The molecule has 0 bridgehead atoms. The zero-order valence-electron chi connectivity index (χ0n) is 11.1. The molecule has 2 N–H and O–H groups in total. The quantitative estimate of drug-likeness (QED) is 0.913. The van der Waals surface area contributed by atoms with Gasteiger partial charge < -0.3 is 10.6 Å². The summed E-state index contributed by atoms with van der Waals surface area (Å²) in [7, 11) is 0. The highest BCUT2D eigenvalue weighted by Crippen LogP contribution is 2.26. The van der Waals surface area contributed by atoms with E-state index in [0.717, 1.165) is 29.6 Å². The van der Waals surface area contributed by atoms with Crippen LogP contribution in [0.15, 0.2) is 22.7 Å². The van der Waals surface area contributed by atoms with Crippen LogP contribution in [0.1, 0.15) is 17.5 Å². The predicted octanol–water partition coefficient (Wildman–Crippen LogP) is 2.41. The lowest BCUT2D eigenvalue weighted by Gasteiger charge is -2.31. The molecule has 0 saturated heterocycles. The molecular weight excluding hydrogens is 324 g/mol. The fourth-order valence-electron chi connectivity index (χ4n) is 2.35. The maximum atomic E-state index is 12.3. The van der Waals surface area contributed by atoms with Crippen LogP contribution < -0.4 is 5.73 Å². The van der Waals surface area contributed by atoms with Crippen LogP contribution >= 0.6 is 27.7 Å². The Kier molecular flexibility index (Phi) is 5.30. The summed E-state index contributed by atoms with van der Waals surface area (Å²) in [5.74, 6) is 1.02. The fourth-order valence-corrected chi connectivity index (χ4v) is 3.45. The summed E-state index contributed by atoms with van der Waals surface area (Å²) < 4.78 is 1.14. The minimum atomic E-state index is -0.360. The van der Waals surface area contributed by atoms with Crippen molar-refractivity contribution in [1.29, 1.82) is 0 Å². The summed E-state index contributed by atoms with van der Waals surface area (Å²) in [6.45, 7) is 1.45. The molecule has 0 radical (unpaired) electrons. The van der Waals surface area contributed by atoms with E-state index in [2.05, 4.69) is 28.1 Å². The van der Waals surface area contributed by atoms with Crippen molar-refractivity contribution < 1.29 is 4.79 Å². The molecule has 0 fully saturated rings. The Bertz CT molecular complexity index is 467. The van der Waals surface area contributed by atoms with Crippen molar-refractivity contribution in [2.45, 2.75) is 25.4 Å². The number of hydrogen-bond donors (Lipinski definition) is 1. The third-order valence-corrected chi connectivity index (χ3v) is 4.86. The number of nitrogens with zero attached hydrogens (tertiary/aromatic N) is 1. The average Bonchev–Trinajstić information content (AvgIpc) is 2.43. The van der Waals surface area contributed by atoms with Gasteiger partial charge in [0.1, 0.15) is 0 Å². The number of halogens is 1. The summed E-state index contributed by atoms with van der Waals surface area (Å²) in [5.41, 5.74) is 8.52. The Morgan fingerprint density at radius 2 is 2.37 bits per heavy atom. The van der Waals surface area contributed by atoms with Crippen LogP contribution in [-0.4, -0.2) is 35.4 Å². The van der Waals surface area contributed by atoms with Crippen LogP contribution in [0.5, 0.6) is 0 Å². The Hall–Kier alpha value is -0.520. The molecule has 1 aromatic carbocycles. The van der Waals surface area contributed by atoms with E-state index in [-0.39, 0.29) is 11.9 Å². The van der Waals surface area contributed by atoms with Gasteiger partial charge in [0, 0.05) is 17.6 Å². The van der Waals surface area contributed by atoms with Gasteiger partial charge in [-0.3, -0.25) is 4.79 Å². The van der Waals surface area contributed by atoms with Gasteiger partial charge in [-0.15, -0.1) is 0 Å². The molecule has 1 aromatic rings. The highest BCUT2D eigenvalue weighted by Gasteiger charge is 2.25. The number of rotatable bonds is 4. The molecule has 0 spiro atoms. The molecule has 1 heterocycles. The van der Waals surface area contributed by atoms with E-state index in [0.29, 0.717) is 6.54 Å². The Labute approximate surface area is 127 Å². The number of fused-ring (bicyclic) bond motifs is 1. The standard InChI is InChI=1S/C14H19BrN2OS/c1-19-8-6-13(16)14(18)17-7-5-11-10(9-17)3-2-4-12(11)15/h2-4,13H,5-9,16H2,1H3/t13-/m0/s1. The lowest BCUT2D eigenvalue weighted by atomic mass is 9.99. The molecule has 5 heteroatoms. The van der Waals surface area contributed by atoms with Gasteiger partial charge in [0.15, 0.2) is 0 Å². The van der Waals surface area contributed by atoms with Crippen molar-refractivity contribution in [3.63, 3.8) is 0 Å². The number of carbonyl (C=O) groups is 1. The molecule has 0 aromatic heterocycles. The van der Waals surface area contributed by atoms with Crippen LogP contribution in [0, 0.1) is 0 Å². The third kappa shape index (κ3) is 3.52. The van der Waals surface area contributed by atoms with Crippen molar-refractivity contribution in [3.8, 4) is 0 Å². The predicted molar refractivity (Wildman–Crippen MR) is 84.2 cm³/mol. The summed E-state index contributed by atoms with van der Waals surface area (Å²) in [6.07, 6.45) is 3.69. The van der Waals surface area contributed by atoms with Gasteiger partial charge in [0.25, 0.3) is 0 Å². The highest BCUT2D eigenvalue weighted by molar-refractivity contribution is 9.10. The molecule has 104 valence electrons. The maximum Gasteiger partial charge on any atom is 0.239 e. The Morgan fingerprint density at radius 1 is 1.58 bits per heavy atom. The second-order valence-corrected chi connectivity index (χ2v) is 6.62. The Balaban J connectivity index is 2.03. The maximum absolute atomic E-state index is 12.3. The first kappa shape index (κ1) is 14.9. The van der Waals surface area contributed by atoms with Gasteiger partial charge in [-0.1, -0.05) is 28.1 Å². The largest absolute Gasteiger partial charge is 0.337 e. The van der Waals surface area contributed by atoms with Crippen molar-refractivity contribution in [1.82, 2.24) is 4.90 Å². The number of thioether (sulfide) groups is 1. The van der Waals surface area contributed by atoms with Crippen molar-refractivity contribution in [3.05, 3.63) is 33.8 Å². The smallest absolute Gasteiger partial charge is 0.239 e. The minimum Gasteiger partial charge on any atom is -0.337 e. The van der Waals surface area contributed by atoms with Crippen LogP contribution in [-0.2, 0) is 17.8 Å². The van der Waals surface area contributed by atoms with Gasteiger partial charge in [-0.2, -0.15) is 11.8 Å². The van der Waals surface area contributed by atoms with Crippen molar-refractivity contribution in [2.24, 2.45) is 5.73 Å². The molecule has 0 unspecified atom stereocenters. The topological polar surface area (TPSA) is 46.3 Å². The third-order valence-electron chi connectivity index (χ3n) is 3.47. The summed E-state index contributed by atoms with van der Waals surface area (Å²) >= 11 is 5.30. The SMILES string of the molecule is CSCC[C@H](N)C(=O)N1CCc2c(Br)cccc2C1. The monoisotopic (exact) mass is 342 g/mol. The Morgan fingerprint density at radius 3 is 3.11 bits per heavy atom. The fraction of sp³-hybridized carbons (Fsp3) is 0.500. The van der Waals surface area contributed by atoms with E-state index >= 15 is 0 Å². The zero-order valence-corrected chi connectivity index (χ0v) is 13.5. The summed E-state index contributed by atoms with van der Waals surface area (Å²) in [5, 5.41) is 0. The van der Waals surface area contributed by atoms with Crippen molar-refractivity contribution in [2.75, 3.05) is 18.6 Å².